The molecule has 1 aliphatic heterocycles. The SMILES string of the molecule is C[C@@H](O)[C@H](NC(=O)[C@H]1OCC[C@H]1NC(=O)OCC1c2ccccc2-c2ccccc21)C(=O)O. The highest BCUT2D eigenvalue weighted by Crippen LogP contribution is 2.44. The van der Waals surface area contributed by atoms with Crippen LogP contribution in [0.5, 0.6) is 0 Å². The van der Waals surface area contributed by atoms with Gasteiger partial charge in [0, 0.05) is 12.5 Å². The Morgan fingerprint density at radius 2 is 1.70 bits per heavy atom. The highest BCUT2D eigenvalue weighted by Gasteiger charge is 2.38. The Balaban J connectivity index is 1.37. The first-order chi connectivity index (χ1) is 15.9. The molecule has 0 radical (unpaired) electrons. The Bertz CT molecular complexity index is 1010. The molecule has 1 fully saturated rings. The maximum atomic E-state index is 12.5. The largest absolute Gasteiger partial charge is 0.480 e. The molecule has 2 aromatic carbocycles. The van der Waals surface area contributed by atoms with Gasteiger partial charge in [0.1, 0.15) is 6.61 Å². The Kier molecular flexibility index (Phi) is 6.62. The van der Waals surface area contributed by atoms with Crippen molar-refractivity contribution >= 4 is 18.0 Å². The van der Waals surface area contributed by atoms with Crippen LogP contribution in [-0.4, -0.2) is 65.7 Å². The van der Waals surface area contributed by atoms with Crippen molar-refractivity contribution in [1.82, 2.24) is 10.6 Å². The summed E-state index contributed by atoms with van der Waals surface area (Å²) in [6.45, 7) is 1.62. The summed E-state index contributed by atoms with van der Waals surface area (Å²) in [6.07, 6.45) is -2.68. The second-order valence-electron chi connectivity index (χ2n) is 8.22. The van der Waals surface area contributed by atoms with Crippen LogP contribution in [0, 0.1) is 0 Å². The quantitative estimate of drug-likeness (QED) is 0.500. The maximum Gasteiger partial charge on any atom is 0.407 e. The average molecular weight is 454 g/mol. The number of carbonyl (C=O) groups excluding carboxylic acids is 2. The molecule has 0 spiro atoms. The van der Waals surface area contributed by atoms with Gasteiger partial charge in [0.2, 0.25) is 0 Å². The molecule has 9 nitrogen and oxygen atoms in total. The van der Waals surface area contributed by atoms with Crippen LogP contribution in [0.4, 0.5) is 4.79 Å². The van der Waals surface area contributed by atoms with Crippen LogP contribution in [0.2, 0.25) is 0 Å². The summed E-state index contributed by atoms with van der Waals surface area (Å²) >= 11 is 0. The Morgan fingerprint density at radius 1 is 1.09 bits per heavy atom. The van der Waals surface area contributed by atoms with Crippen molar-refractivity contribution < 1.29 is 34.1 Å². The van der Waals surface area contributed by atoms with Crippen molar-refractivity contribution in [3.8, 4) is 11.1 Å². The van der Waals surface area contributed by atoms with E-state index in [1.165, 1.54) is 6.92 Å². The van der Waals surface area contributed by atoms with Gasteiger partial charge < -0.3 is 30.3 Å². The third-order valence-corrected chi connectivity index (χ3v) is 6.04. The van der Waals surface area contributed by atoms with E-state index in [0.717, 1.165) is 22.3 Å². The van der Waals surface area contributed by atoms with Gasteiger partial charge in [-0.1, -0.05) is 48.5 Å². The lowest BCUT2D eigenvalue weighted by Crippen LogP contribution is -2.54. The van der Waals surface area contributed by atoms with Crippen LogP contribution in [-0.2, 0) is 19.1 Å². The highest BCUT2D eigenvalue weighted by molar-refractivity contribution is 5.88. The van der Waals surface area contributed by atoms with Crippen molar-refractivity contribution in [3.05, 3.63) is 59.7 Å². The number of benzene rings is 2. The van der Waals surface area contributed by atoms with Gasteiger partial charge in [-0.15, -0.1) is 0 Å². The minimum Gasteiger partial charge on any atom is -0.480 e. The number of carbonyl (C=O) groups is 3. The van der Waals surface area contributed by atoms with Gasteiger partial charge in [-0.2, -0.15) is 0 Å². The molecule has 33 heavy (non-hydrogen) atoms. The van der Waals surface area contributed by atoms with Crippen LogP contribution in [0.1, 0.15) is 30.4 Å². The molecule has 0 unspecified atom stereocenters. The van der Waals surface area contributed by atoms with Gasteiger partial charge in [0.05, 0.1) is 12.1 Å². The molecule has 2 aromatic rings. The van der Waals surface area contributed by atoms with Crippen molar-refractivity contribution in [2.45, 2.75) is 43.6 Å². The van der Waals surface area contributed by atoms with Crippen LogP contribution < -0.4 is 10.6 Å². The van der Waals surface area contributed by atoms with E-state index >= 15 is 0 Å². The first-order valence-corrected chi connectivity index (χ1v) is 10.8. The number of carboxylic acid groups (broad SMARTS) is 1. The van der Waals surface area contributed by atoms with Gasteiger partial charge in [0.15, 0.2) is 12.1 Å². The molecule has 1 heterocycles. The summed E-state index contributed by atoms with van der Waals surface area (Å²) in [5, 5.41) is 23.6. The lowest BCUT2D eigenvalue weighted by Gasteiger charge is -2.23. The van der Waals surface area contributed by atoms with E-state index in [0.29, 0.717) is 6.42 Å². The molecule has 174 valence electrons. The molecular weight excluding hydrogens is 428 g/mol. The fourth-order valence-electron chi connectivity index (χ4n) is 4.41. The summed E-state index contributed by atoms with van der Waals surface area (Å²) in [5.41, 5.74) is 4.42. The van der Waals surface area contributed by atoms with Crippen LogP contribution >= 0.6 is 0 Å². The summed E-state index contributed by atoms with van der Waals surface area (Å²) in [5.74, 6) is -2.17. The number of ether oxygens (including phenoxy) is 2. The number of hydrogen-bond acceptors (Lipinski definition) is 6. The van der Waals surface area contributed by atoms with Gasteiger partial charge in [-0.3, -0.25) is 4.79 Å². The predicted octanol–water partition coefficient (Wildman–Crippen LogP) is 1.63. The first kappa shape index (κ1) is 22.8. The maximum absolute atomic E-state index is 12.5. The number of rotatable bonds is 7. The summed E-state index contributed by atoms with van der Waals surface area (Å²) in [4.78, 5) is 36.3. The summed E-state index contributed by atoms with van der Waals surface area (Å²) in [7, 11) is 0. The number of fused-ring (bicyclic) bond motifs is 3. The summed E-state index contributed by atoms with van der Waals surface area (Å²) in [6, 6.07) is 13.8. The van der Waals surface area contributed by atoms with E-state index in [1.54, 1.807) is 0 Å². The normalized spacial score (nSPS) is 20.9. The van der Waals surface area contributed by atoms with Crippen LogP contribution in [0.25, 0.3) is 11.1 Å². The fraction of sp³-hybridized carbons (Fsp3) is 0.375. The number of hydrogen-bond donors (Lipinski definition) is 4. The molecule has 1 aliphatic carbocycles. The lowest BCUT2D eigenvalue weighted by molar-refractivity contribution is -0.146. The van der Waals surface area contributed by atoms with E-state index in [9.17, 15) is 19.5 Å². The standard InChI is InChI=1S/C24H26N2O7/c1-13(27)20(23(29)30)26-22(28)21-19(10-11-32-21)25-24(31)33-12-18-16-8-4-2-6-14(16)15-7-3-5-9-17(15)18/h2-9,13,18-21,27H,10-12H2,1H3,(H,25,31)(H,26,28)(H,29,30)/t13-,19-,20+,21+/m1/s1. The zero-order valence-electron chi connectivity index (χ0n) is 18.1. The second-order valence-corrected chi connectivity index (χ2v) is 8.22. The molecule has 1 saturated heterocycles. The lowest BCUT2D eigenvalue weighted by atomic mass is 9.98. The number of nitrogens with one attached hydrogen (secondary N) is 2. The van der Waals surface area contributed by atoms with Gasteiger partial charge in [-0.25, -0.2) is 9.59 Å². The third kappa shape index (κ3) is 4.69. The highest BCUT2D eigenvalue weighted by atomic mass is 16.6. The molecule has 0 aromatic heterocycles. The third-order valence-electron chi connectivity index (χ3n) is 6.04. The molecule has 0 saturated carbocycles. The Morgan fingerprint density at radius 3 is 2.27 bits per heavy atom. The smallest absolute Gasteiger partial charge is 0.407 e. The number of aliphatic carboxylic acids is 1. The second kappa shape index (κ2) is 9.60. The zero-order chi connectivity index (χ0) is 23.5. The topological polar surface area (TPSA) is 134 Å². The molecule has 2 aliphatic rings. The van der Waals surface area contributed by atoms with Crippen LogP contribution in [0.15, 0.2) is 48.5 Å². The minimum absolute atomic E-state index is 0.0931. The predicted molar refractivity (Wildman–Crippen MR) is 118 cm³/mol. The number of carboxylic acids is 1. The molecule has 4 atom stereocenters. The first-order valence-electron chi connectivity index (χ1n) is 10.8. The number of alkyl carbamates (subject to hydrolysis) is 1. The van der Waals surface area contributed by atoms with E-state index < -0.39 is 42.3 Å². The van der Waals surface area contributed by atoms with Crippen molar-refractivity contribution in [2.75, 3.05) is 13.2 Å². The van der Waals surface area contributed by atoms with Crippen molar-refractivity contribution in [3.63, 3.8) is 0 Å². The van der Waals surface area contributed by atoms with Crippen molar-refractivity contribution in [1.29, 1.82) is 0 Å². The molecule has 4 N–H and O–H groups in total. The van der Waals surface area contributed by atoms with E-state index in [4.69, 9.17) is 14.6 Å². The van der Waals surface area contributed by atoms with E-state index in [2.05, 4.69) is 10.6 Å². The number of aliphatic hydroxyl groups excluding tert-OH is 1. The molecule has 9 heteroatoms. The zero-order valence-corrected chi connectivity index (χ0v) is 18.1. The molecule has 4 rings (SSSR count). The number of amides is 2. The van der Waals surface area contributed by atoms with Gasteiger partial charge in [-0.05, 0) is 35.6 Å². The van der Waals surface area contributed by atoms with E-state index in [-0.39, 0.29) is 19.1 Å². The Labute approximate surface area is 190 Å². The average Bonchev–Trinajstić information content (AvgIpc) is 3.38. The van der Waals surface area contributed by atoms with E-state index in [1.807, 2.05) is 48.5 Å². The Hall–Kier alpha value is -3.43. The molecule has 0 bridgehead atoms. The number of aliphatic hydroxyl groups is 1. The van der Waals surface area contributed by atoms with Gasteiger partial charge >= 0.3 is 12.1 Å². The molecular formula is C24H26N2O7. The fourth-order valence-corrected chi connectivity index (χ4v) is 4.41. The van der Waals surface area contributed by atoms with Crippen LogP contribution in [0.3, 0.4) is 0 Å². The minimum atomic E-state index is -1.48. The molecule has 2 amide bonds. The monoisotopic (exact) mass is 454 g/mol. The van der Waals surface area contributed by atoms with Crippen molar-refractivity contribution in [2.24, 2.45) is 0 Å². The van der Waals surface area contributed by atoms with Gasteiger partial charge in [0.25, 0.3) is 5.91 Å². The summed E-state index contributed by atoms with van der Waals surface area (Å²) < 4.78 is 10.9.